The van der Waals surface area contributed by atoms with Gasteiger partial charge in [0.15, 0.2) is 0 Å². The lowest BCUT2D eigenvalue weighted by Crippen LogP contribution is -2.31. The lowest BCUT2D eigenvalue weighted by molar-refractivity contribution is 0.0871. The average molecular weight is 331 g/mol. The molecule has 1 aromatic rings. The van der Waals surface area contributed by atoms with E-state index in [9.17, 15) is 9.90 Å². The van der Waals surface area contributed by atoms with Gasteiger partial charge in [-0.3, -0.25) is 0 Å². The first-order valence-corrected chi connectivity index (χ1v) is 9.40. The highest BCUT2D eigenvalue weighted by atomic mass is 16.5. The van der Waals surface area contributed by atoms with E-state index in [1.807, 2.05) is 0 Å². The first kappa shape index (κ1) is 17.3. The summed E-state index contributed by atoms with van der Waals surface area (Å²) in [7, 11) is 0. The molecule has 3 rings (SSSR count). The van der Waals surface area contributed by atoms with Crippen molar-refractivity contribution < 1.29 is 14.6 Å². The average Bonchev–Trinajstić information content (AvgIpc) is 2.58. The minimum absolute atomic E-state index is 0.313. The lowest BCUT2D eigenvalue weighted by Gasteiger charge is -2.31. The SMILES string of the molecule is CCCCC1CCc2cc([C@H]3CCCOC(=O)NC3)ccc2C1O. The molecule has 1 fully saturated rings. The fourth-order valence-electron chi connectivity index (χ4n) is 4.04. The van der Waals surface area contributed by atoms with E-state index in [1.54, 1.807) is 0 Å². The molecular weight excluding hydrogens is 302 g/mol. The van der Waals surface area contributed by atoms with Crippen LogP contribution in [0.2, 0.25) is 0 Å². The number of rotatable bonds is 4. The number of fused-ring (bicyclic) bond motifs is 1. The van der Waals surface area contributed by atoms with Crippen LogP contribution in [0.3, 0.4) is 0 Å². The zero-order chi connectivity index (χ0) is 16.9. The van der Waals surface area contributed by atoms with Crippen molar-refractivity contribution in [1.82, 2.24) is 5.32 Å². The Kier molecular flexibility index (Phi) is 5.77. The molecule has 0 bridgehead atoms. The van der Waals surface area contributed by atoms with Crippen LogP contribution < -0.4 is 5.32 Å². The molecule has 4 nitrogen and oxygen atoms in total. The summed E-state index contributed by atoms with van der Waals surface area (Å²) in [5.74, 6) is 0.735. The van der Waals surface area contributed by atoms with Gasteiger partial charge in [0, 0.05) is 12.5 Å². The lowest BCUT2D eigenvalue weighted by atomic mass is 9.77. The van der Waals surface area contributed by atoms with Crippen LogP contribution in [0.5, 0.6) is 0 Å². The van der Waals surface area contributed by atoms with Crippen LogP contribution in [0.25, 0.3) is 0 Å². The summed E-state index contributed by atoms with van der Waals surface area (Å²) in [6.07, 6.45) is 6.91. The van der Waals surface area contributed by atoms with E-state index in [1.165, 1.54) is 24.0 Å². The molecule has 1 heterocycles. The Hall–Kier alpha value is -1.55. The second-order valence-electron chi connectivity index (χ2n) is 7.20. The van der Waals surface area contributed by atoms with Crippen LogP contribution >= 0.6 is 0 Å². The number of cyclic esters (lactones) is 1. The van der Waals surface area contributed by atoms with E-state index in [0.717, 1.165) is 37.7 Å². The van der Waals surface area contributed by atoms with Crippen molar-refractivity contribution in [3.63, 3.8) is 0 Å². The van der Waals surface area contributed by atoms with E-state index in [-0.39, 0.29) is 12.2 Å². The Labute approximate surface area is 144 Å². The van der Waals surface area contributed by atoms with E-state index in [0.29, 0.717) is 25.0 Å². The molecule has 1 aliphatic carbocycles. The van der Waals surface area contributed by atoms with Gasteiger partial charge in [0.1, 0.15) is 0 Å². The maximum absolute atomic E-state index is 11.4. The van der Waals surface area contributed by atoms with Crippen LogP contribution in [0.15, 0.2) is 18.2 Å². The summed E-state index contributed by atoms with van der Waals surface area (Å²) in [5.41, 5.74) is 3.68. The minimum atomic E-state index is -0.320. The van der Waals surface area contributed by atoms with E-state index in [2.05, 4.69) is 30.4 Å². The molecule has 0 spiro atoms. The topological polar surface area (TPSA) is 58.6 Å². The number of aryl methyl sites for hydroxylation is 1. The first-order chi connectivity index (χ1) is 11.7. The van der Waals surface area contributed by atoms with E-state index < -0.39 is 0 Å². The van der Waals surface area contributed by atoms with Crippen LogP contribution in [-0.4, -0.2) is 24.4 Å². The Morgan fingerprint density at radius 2 is 2.21 bits per heavy atom. The van der Waals surface area contributed by atoms with Crippen molar-refractivity contribution in [2.24, 2.45) is 5.92 Å². The highest BCUT2D eigenvalue weighted by Gasteiger charge is 2.28. The summed E-state index contributed by atoms with van der Waals surface area (Å²) in [4.78, 5) is 11.4. The number of amides is 1. The van der Waals surface area contributed by atoms with E-state index >= 15 is 0 Å². The number of benzene rings is 1. The number of ether oxygens (including phenoxy) is 1. The molecule has 1 aromatic carbocycles. The quantitative estimate of drug-likeness (QED) is 0.874. The van der Waals surface area contributed by atoms with Crippen molar-refractivity contribution in [2.75, 3.05) is 13.2 Å². The largest absolute Gasteiger partial charge is 0.450 e. The van der Waals surface area contributed by atoms with Gasteiger partial charge in [-0.15, -0.1) is 0 Å². The predicted molar refractivity (Wildman–Crippen MR) is 94.1 cm³/mol. The highest BCUT2D eigenvalue weighted by Crippen LogP contribution is 2.38. The van der Waals surface area contributed by atoms with Crippen LogP contribution in [-0.2, 0) is 11.2 Å². The number of unbranched alkanes of at least 4 members (excludes halogenated alkanes) is 1. The highest BCUT2D eigenvalue weighted by molar-refractivity contribution is 5.67. The molecule has 1 aliphatic heterocycles. The van der Waals surface area contributed by atoms with Gasteiger partial charge in [0.05, 0.1) is 12.7 Å². The molecule has 2 aliphatic rings. The molecule has 0 radical (unpaired) electrons. The predicted octanol–water partition coefficient (Wildman–Crippen LogP) is 4.08. The maximum atomic E-state index is 11.4. The summed E-state index contributed by atoms with van der Waals surface area (Å²) in [6, 6.07) is 6.52. The summed E-state index contributed by atoms with van der Waals surface area (Å²) < 4.78 is 5.03. The number of aliphatic hydroxyl groups excluding tert-OH is 1. The van der Waals surface area contributed by atoms with Gasteiger partial charge < -0.3 is 15.2 Å². The molecule has 0 saturated carbocycles. The second-order valence-corrected chi connectivity index (χ2v) is 7.20. The van der Waals surface area contributed by atoms with E-state index in [4.69, 9.17) is 4.74 Å². The van der Waals surface area contributed by atoms with Gasteiger partial charge >= 0.3 is 6.09 Å². The number of alkyl carbamates (subject to hydrolysis) is 1. The van der Waals surface area contributed by atoms with Crippen LogP contribution in [0.1, 0.15) is 74.2 Å². The smallest absolute Gasteiger partial charge is 0.407 e. The third kappa shape index (κ3) is 3.92. The molecule has 132 valence electrons. The Morgan fingerprint density at radius 1 is 1.33 bits per heavy atom. The molecule has 2 unspecified atom stereocenters. The van der Waals surface area contributed by atoms with Crippen LogP contribution in [0, 0.1) is 5.92 Å². The molecule has 1 amide bonds. The Bertz CT molecular complexity index is 572. The molecule has 2 N–H and O–H groups in total. The van der Waals surface area contributed by atoms with Gasteiger partial charge in [-0.25, -0.2) is 4.79 Å². The molecule has 4 heteroatoms. The fraction of sp³-hybridized carbons (Fsp3) is 0.650. The zero-order valence-electron chi connectivity index (χ0n) is 14.6. The number of hydrogen-bond acceptors (Lipinski definition) is 3. The van der Waals surface area contributed by atoms with Crippen molar-refractivity contribution in [2.45, 2.75) is 63.9 Å². The molecular formula is C20H29NO3. The van der Waals surface area contributed by atoms with Gasteiger partial charge in [0.25, 0.3) is 0 Å². The molecule has 24 heavy (non-hydrogen) atoms. The summed E-state index contributed by atoms with van der Waals surface area (Å²) in [6.45, 7) is 3.32. The standard InChI is InChI=1S/C20H29NO3/c1-2-3-5-14-7-8-16-12-15(9-10-18(16)19(14)22)17-6-4-11-24-20(23)21-13-17/h9-10,12,14,17,19,22H,2-8,11,13H2,1H3,(H,21,23)/t14?,17-,19?/m0/s1. The van der Waals surface area contributed by atoms with Gasteiger partial charge in [-0.1, -0.05) is 38.0 Å². The number of nitrogens with one attached hydrogen (secondary N) is 1. The number of aliphatic hydroxyl groups is 1. The fourth-order valence-corrected chi connectivity index (χ4v) is 4.04. The second kappa shape index (κ2) is 8.02. The molecule has 1 saturated heterocycles. The normalized spacial score (nSPS) is 27.4. The Morgan fingerprint density at radius 3 is 3.04 bits per heavy atom. The first-order valence-electron chi connectivity index (χ1n) is 9.40. The van der Waals surface area contributed by atoms with Crippen molar-refractivity contribution in [1.29, 1.82) is 0 Å². The van der Waals surface area contributed by atoms with Gasteiger partial charge in [-0.2, -0.15) is 0 Å². The monoisotopic (exact) mass is 331 g/mol. The molecule has 0 aromatic heterocycles. The van der Waals surface area contributed by atoms with Crippen molar-refractivity contribution in [3.05, 3.63) is 34.9 Å². The molecule has 3 atom stereocenters. The van der Waals surface area contributed by atoms with Crippen LogP contribution in [0.4, 0.5) is 4.79 Å². The van der Waals surface area contributed by atoms with Crippen molar-refractivity contribution in [3.8, 4) is 0 Å². The van der Waals surface area contributed by atoms with Gasteiger partial charge in [-0.05, 0) is 54.7 Å². The number of hydrogen-bond donors (Lipinski definition) is 2. The zero-order valence-corrected chi connectivity index (χ0v) is 14.6. The minimum Gasteiger partial charge on any atom is -0.450 e. The maximum Gasteiger partial charge on any atom is 0.407 e. The summed E-state index contributed by atoms with van der Waals surface area (Å²) >= 11 is 0. The Balaban J connectivity index is 1.73. The van der Waals surface area contributed by atoms with Crippen molar-refractivity contribution >= 4 is 6.09 Å². The van der Waals surface area contributed by atoms with Gasteiger partial charge in [0.2, 0.25) is 0 Å². The summed E-state index contributed by atoms with van der Waals surface area (Å²) in [5, 5.41) is 13.5. The number of carbonyl (C=O) groups is 1. The number of carbonyl (C=O) groups excluding carboxylic acids is 1. The third-order valence-corrected chi connectivity index (χ3v) is 5.54. The third-order valence-electron chi connectivity index (χ3n) is 5.54.